The molecule has 0 saturated carbocycles. The van der Waals surface area contributed by atoms with E-state index in [9.17, 15) is 14.0 Å². The molecule has 7 heteroatoms. The fourth-order valence-electron chi connectivity index (χ4n) is 3.17. The van der Waals surface area contributed by atoms with Crippen LogP contribution in [0.2, 0.25) is 0 Å². The van der Waals surface area contributed by atoms with Gasteiger partial charge in [-0.25, -0.2) is 4.39 Å². The summed E-state index contributed by atoms with van der Waals surface area (Å²) in [5.74, 6) is -1.29. The van der Waals surface area contributed by atoms with Crippen molar-refractivity contribution in [2.24, 2.45) is 0 Å². The topological polar surface area (TPSA) is 43.9 Å². The Labute approximate surface area is 151 Å². The number of thiocarbonyl (C=S) groups is 1. The van der Waals surface area contributed by atoms with Crippen LogP contribution in [0, 0.1) is 12.7 Å². The predicted molar refractivity (Wildman–Crippen MR) is 98.7 cm³/mol. The van der Waals surface area contributed by atoms with Crippen LogP contribution in [0.25, 0.3) is 6.08 Å². The van der Waals surface area contributed by atoms with Gasteiger partial charge >= 0.3 is 0 Å². The zero-order valence-electron chi connectivity index (χ0n) is 14.5. The molecule has 2 amide bonds. The molecule has 5 nitrogen and oxygen atoms in total. The van der Waals surface area contributed by atoms with Gasteiger partial charge in [0, 0.05) is 27.2 Å². The van der Waals surface area contributed by atoms with Crippen molar-refractivity contribution in [3.8, 4) is 0 Å². The van der Waals surface area contributed by atoms with Crippen molar-refractivity contribution in [3.63, 3.8) is 0 Å². The predicted octanol–water partition coefficient (Wildman–Crippen LogP) is 2.33. The van der Waals surface area contributed by atoms with Crippen LogP contribution >= 0.6 is 12.2 Å². The van der Waals surface area contributed by atoms with Gasteiger partial charge < -0.3 is 4.90 Å². The average Bonchev–Trinajstić information content (AvgIpc) is 3.12. The number of nitrogens with zero attached hydrogens (tertiary/aromatic N) is 3. The summed E-state index contributed by atoms with van der Waals surface area (Å²) in [4.78, 5) is 29.3. The van der Waals surface area contributed by atoms with Crippen LogP contribution in [0.1, 0.15) is 24.0 Å². The first-order valence-corrected chi connectivity index (χ1v) is 8.59. The largest absolute Gasteiger partial charge is 0.369 e. The number of carbonyl (C=O) groups is 2. The number of halogens is 1. The molecule has 2 aliphatic heterocycles. The maximum absolute atomic E-state index is 14.6. The first kappa shape index (κ1) is 17.5. The third kappa shape index (κ3) is 3.04. The van der Waals surface area contributed by atoms with Crippen LogP contribution in [0.4, 0.5) is 10.1 Å². The number of rotatable bonds is 2. The Kier molecular flexibility index (Phi) is 4.60. The summed E-state index contributed by atoms with van der Waals surface area (Å²) >= 11 is 5.07. The normalized spacial score (nSPS) is 18.5. The second kappa shape index (κ2) is 6.55. The van der Waals surface area contributed by atoms with E-state index in [4.69, 9.17) is 12.2 Å². The van der Waals surface area contributed by atoms with Crippen LogP contribution in [-0.4, -0.2) is 53.9 Å². The number of hydrogen-bond donors (Lipinski definition) is 0. The molecule has 2 heterocycles. The summed E-state index contributed by atoms with van der Waals surface area (Å²) in [7, 11) is 3.04. The number of anilines is 1. The van der Waals surface area contributed by atoms with E-state index < -0.39 is 11.8 Å². The molecule has 0 unspecified atom stereocenters. The number of carbonyl (C=O) groups excluding carboxylic acids is 2. The number of amides is 2. The zero-order valence-corrected chi connectivity index (χ0v) is 15.3. The Balaban J connectivity index is 2.00. The van der Waals surface area contributed by atoms with Crippen molar-refractivity contribution < 1.29 is 14.0 Å². The van der Waals surface area contributed by atoms with Crippen molar-refractivity contribution in [1.82, 2.24) is 9.80 Å². The number of likely N-dealkylation sites (N-methyl/N-ethyl adjacent to an activating group) is 2. The Hall–Kier alpha value is -2.28. The fraction of sp³-hybridized carbons (Fsp3) is 0.389. The average molecular weight is 361 g/mol. The molecule has 0 atom stereocenters. The van der Waals surface area contributed by atoms with Crippen molar-refractivity contribution >= 4 is 40.9 Å². The lowest BCUT2D eigenvalue weighted by atomic mass is 10.0. The third-order valence-corrected chi connectivity index (χ3v) is 5.27. The van der Waals surface area contributed by atoms with Crippen molar-refractivity contribution in [1.29, 1.82) is 0 Å². The molecular formula is C18H20FN3O2S. The van der Waals surface area contributed by atoms with Crippen LogP contribution in [0.15, 0.2) is 17.7 Å². The van der Waals surface area contributed by atoms with E-state index in [-0.39, 0.29) is 16.5 Å². The van der Waals surface area contributed by atoms with Gasteiger partial charge in [0.25, 0.3) is 11.8 Å². The highest BCUT2D eigenvalue weighted by Gasteiger charge is 2.35. The first-order chi connectivity index (χ1) is 11.8. The lowest BCUT2D eigenvalue weighted by Gasteiger charge is -2.31. The van der Waals surface area contributed by atoms with Gasteiger partial charge in [0.2, 0.25) is 0 Å². The van der Waals surface area contributed by atoms with Gasteiger partial charge in [0.1, 0.15) is 11.4 Å². The Morgan fingerprint density at radius 2 is 1.64 bits per heavy atom. The van der Waals surface area contributed by atoms with Gasteiger partial charge in [-0.3, -0.25) is 19.4 Å². The molecule has 0 bridgehead atoms. The third-order valence-electron chi connectivity index (χ3n) is 4.73. The number of aryl methyl sites for hydroxylation is 1. The van der Waals surface area contributed by atoms with Crippen molar-refractivity contribution in [2.45, 2.75) is 19.8 Å². The van der Waals surface area contributed by atoms with Gasteiger partial charge in [0.15, 0.2) is 5.11 Å². The highest BCUT2D eigenvalue weighted by atomic mass is 32.1. The maximum atomic E-state index is 14.6. The molecule has 3 rings (SSSR count). The smallest absolute Gasteiger partial charge is 0.265 e. The molecule has 132 valence electrons. The Morgan fingerprint density at radius 1 is 1.08 bits per heavy atom. The van der Waals surface area contributed by atoms with E-state index in [1.807, 2.05) is 11.8 Å². The summed E-state index contributed by atoms with van der Waals surface area (Å²) in [6.07, 6.45) is 3.57. The van der Waals surface area contributed by atoms with E-state index in [0.29, 0.717) is 11.3 Å². The highest BCUT2D eigenvalue weighted by Crippen LogP contribution is 2.28. The van der Waals surface area contributed by atoms with Crippen molar-refractivity contribution in [2.75, 3.05) is 32.1 Å². The summed E-state index contributed by atoms with van der Waals surface area (Å²) in [6, 6.07) is 3.17. The molecule has 1 aromatic rings. The Bertz CT molecular complexity index is 774. The Morgan fingerprint density at radius 3 is 2.20 bits per heavy atom. The molecule has 0 aliphatic carbocycles. The zero-order chi connectivity index (χ0) is 18.3. The van der Waals surface area contributed by atoms with Gasteiger partial charge in [-0.1, -0.05) is 0 Å². The molecular weight excluding hydrogens is 341 g/mol. The molecule has 25 heavy (non-hydrogen) atoms. The lowest BCUT2D eigenvalue weighted by molar-refractivity contribution is -0.132. The minimum absolute atomic E-state index is 0.0185. The van der Waals surface area contributed by atoms with E-state index in [1.165, 1.54) is 36.0 Å². The number of hydrogen-bond acceptors (Lipinski definition) is 4. The molecule has 0 aromatic heterocycles. The first-order valence-electron chi connectivity index (χ1n) is 8.18. The quantitative estimate of drug-likeness (QED) is 0.461. The van der Waals surface area contributed by atoms with Crippen LogP contribution < -0.4 is 4.90 Å². The van der Waals surface area contributed by atoms with Crippen LogP contribution in [0.3, 0.4) is 0 Å². The van der Waals surface area contributed by atoms with Crippen LogP contribution in [-0.2, 0) is 9.59 Å². The molecule has 1 aromatic carbocycles. The minimum atomic E-state index is -0.475. The molecule has 2 fully saturated rings. The maximum Gasteiger partial charge on any atom is 0.265 e. The summed E-state index contributed by atoms with van der Waals surface area (Å²) in [5, 5.41) is 0.152. The van der Waals surface area contributed by atoms with E-state index in [2.05, 4.69) is 0 Å². The van der Waals surface area contributed by atoms with Gasteiger partial charge in [-0.15, -0.1) is 0 Å². The van der Waals surface area contributed by atoms with E-state index in [1.54, 1.807) is 6.07 Å². The van der Waals surface area contributed by atoms with E-state index >= 15 is 0 Å². The summed E-state index contributed by atoms with van der Waals surface area (Å²) in [5.41, 5.74) is 1.89. The second-order valence-electron chi connectivity index (χ2n) is 6.42. The molecule has 0 spiro atoms. The SMILES string of the molecule is Cc1cc(N2CCCC2)c(F)cc1C=C1C(=O)N(C)C(=S)N(C)C1=O. The van der Waals surface area contributed by atoms with Gasteiger partial charge in [-0.05, 0) is 61.3 Å². The van der Waals surface area contributed by atoms with Crippen molar-refractivity contribution in [3.05, 3.63) is 34.6 Å². The molecule has 0 N–H and O–H groups in total. The number of benzene rings is 1. The fourth-order valence-corrected chi connectivity index (χ4v) is 3.33. The molecule has 2 aliphatic rings. The van der Waals surface area contributed by atoms with Crippen LogP contribution in [0.5, 0.6) is 0 Å². The standard InChI is InChI=1S/C18H20FN3O2S/c1-11-8-15(22-6-4-5-7-22)14(19)10-12(11)9-13-16(23)20(2)18(25)21(3)17(13)24/h8-10H,4-7H2,1-3H3. The summed E-state index contributed by atoms with van der Waals surface area (Å²) in [6.45, 7) is 3.54. The van der Waals surface area contributed by atoms with Gasteiger partial charge in [0.05, 0.1) is 5.69 Å². The monoisotopic (exact) mass is 361 g/mol. The highest BCUT2D eigenvalue weighted by molar-refractivity contribution is 7.80. The summed E-state index contributed by atoms with van der Waals surface area (Å²) < 4.78 is 14.6. The lowest BCUT2D eigenvalue weighted by Crippen LogP contribution is -2.52. The molecule has 0 radical (unpaired) electrons. The molecule has 2 saturated heterocycles. The minimum Gasteiger partial charge on any atom is -0.369 e. The van der Waals surface area contributed by atoms with E-state index in [0.717, 1.165) is 31.5 Å². The van der Waals surface area contributed by atoms with Gasteiger partial charge in [-0.2, -0.15) is 0 Å². The second-order valence-corrected chi connectivity index (χ2v) is 6.79.